The minimum Gasteiger partial charge on any atom is -0.508 e. The summed E-state index contributed by atoms with van der Waals surface area (Å²) in [5.74, 6) is 0.205. The van der Waals surface area contributed by atoms with Crippen LogP contribution in [-0.2, 0) is 6.54 Å². The molecule has 0 aliphatic carbocycles. The van der Waals surface area contributed by atoms with Gasteiger partial charge in [-0.25, -0.2) is 0 Å². The van der Waals surface area contributed by atoms with Crippen molar-refractivity contribution >= 4 is 33.2 Å². The van der Waals surface area contributed by atoms with E-state index in [-0.39, 0.29) is 5.75 Å². The number of nitrogens with zero attached hydrogens (tertiary/aromatic N) is 1. The van der Waals surface area contributed by atoms with Crippen LogP contribution in [0.25, 0.3) is 0 Å². The van der Waals surface area contributed by atoms with Crippen LogP contribution in [0.2, 0.25) is 5.02 Å². The van der Waals surface area contributed by atoms with Crippen LogP contribution in [0.15, 0.2) is 40.9 Å². The monoisotopic (exact) mass is 336 g/mol. The molecule has 0 fully saturated rings. The molecule has 2 rings (SSSR count). The van der Waals surface area contributed by atoms with Gasteiger partial charge in [-0.05, 0) is 36.4 Å². The van der Waals surface area contributed by atoms with Crippen molar-refractivity contribution in [1.29, 1.82) is 5.26 Å². The van der Waals surface area contributed by atoms with E-state index < -0.39 is 0 Å². The van der Waals surface area contributed by atoms with E-state index in [1.54, 1.807) is 30.3 Å². The zero-order valence-electron chi connectivity index (χ0n) is 9.82. The Morgan fingerprint density at radius 1 is 1.26 bits per heavy atom. The first-order valence-electron chi connectivity index (χ1n) is 5.51. The van der Waals surface area contributed by atoms with Crippen molar-refractivity contribution in [2.45, 2.75) is 6.54 Å². The van der Waals surface area contributed by atoms with E-state index in [4.69, 9.17) is 16.9 Å². The van der Waals surface area contributed by atoms with Gasteiger partial charge in [-0.1, -0.05) is 27.5 Å². The molecule has 5 heteroatoms. The molecule has 0 unspecified atom stereocenters. The zero-order valence-corrected chi connectivity index (χ0v) is 12.2. The molecule has 0 aliphatic heterocycles. The fourth-order valence-electron chi connectivity index (χ4n) is 1.65. The Morgan fingerprint density at radius 3 is 2.79 bits per heavy atom. The van der Waals surface area contributed by atoms with Crippen LogP contribution >= 0.6 is 27.5 Å². The molecule has 0 spiro atoms. The number of phenolic OH excluding ortho intramolecular Hbond substituents is 1. The highest BCUT2D eigenvalue weighted by atomic mass is 79.9. The number of nitriles is 1. The fourth-order valence-corrected chi connectivity index (χ4v) is 2.23. The molecule has 0 aliphatic rings. The molecular formula is C14H10BrClN2O. The highest BCUT2D eigenvalue weighted by Gasteiger charge is 2.05. The summed E-state index contributed by atoms with van der Waals surface area (Å²) in [7, 11) is 0. The lowest BCUT2D eigenvalue weighted by Gasteiger charge is -2.10. The molecule has 0 aromatic heterocycles. The van der Waals surface area contributed by atoms with E-state index in [1.807, 2.05) is 6.07 Å². The standard InChI is InChI=1S/C14H10BrClN2O/c15-11-2-4-14(19)10(5-11)8-18-13-6-12(16)3-1-9(13)7-17/h1-6,18-19H,8H2. The topological polar surface area (TPSA) is 56.0 Å². The lowest BCUT2D eigenvalue weighted by Crippen LogP contribution is -2.01. The average molecular weight is 338 g/mol. The van der Waals surface area contributed by atoms with E-state index in [9.17, 15) is 5.11 Å². The van der Waals surface area contributed by atoms with Gasteiger partial charge in [0, 0.05) is 21.6 Å². The summed E-state index contributed by atoms with van der Waals surface area (Å²) in [5.41, 5.74) is 1.89. The lowest BCUT2D eigenvalue weighted by atomic mass is 10.1. The maximum absolute atomic E-state index is 9.74. The first-order valence-corrected chi connectivity index (χ1v) is 6.68. The molecule has 0 radical (unpaired) electrons. The molecule has 3 nitrogen and oxygen atoms in total. The normalized spacial score (nSPS) is 9.95. The predicted octanol–water partition coefficient (Wildman–Crippen LogP) is 4.29. The first-order chi connectivity index (χ1) is 9.10. The number of halogens is 2. The van der Waals surface area contributed by atoms with Gasteiger partial charge in [0.05, 0.1) is 11.3 Å². The van der Waals surface area contributed by atoms with Crippen molar-refractivity contribution in [2.24, 2.45) is 0 Å². The van der Waals surface area contributed by atoms with Gasteiger partial charge in [0.2, 0.25) is 0 Å². The van der Waals surface area contributed by atoms with Crippen LogP contribution in [0, 0.1) is 11.3 Å². The Hall–Kier alpha value is -1.70. The van der Waals surface area contributed by atoms with E-state index in [1.165, 1.54) is 0 Å². The van der Waals surface area contributed by atoms with Crippen molar-refractivity contribution in [1.82, 2.24) is 0 Å². The third-order valence-corrected chi connectivity index (χ3v) is 3.34. The molecule has 0 saturated carbocycles. The number of benzene rings is 2. The summed E-state index contributed by atoms with van der Waals surface area (Å²) >= 11 is 9.26. The van der Waals surface area contributed by atoms with Crippen molar-refractivity contribution in [3.63, 3.8) is 0 Å². The van der Waals surface area contributed by atoms with Crippen molar-refractivity contribution < 1.29 is 5.11 Å². The minimum atomic E-state index is 0.205. The number of aromatic hydroxyl groups is 1. The van der Waals surface area contributed by atoms with E-state index >= 15 is 0 Å². The number of hydrogen-bond acceptors (Lipinski definition) is 3. The number of nitrogens with one attached hydrogen (secondary N) is 1. The molecular weight excluding hydrogens is 328 g/mol. The Bertz CT molecular complexity index is 652. The second kappa shape index (κ2) is 5.96. The highest BCUT2D eigenvalue weighted by molar-refractivity contribution is 9.10. The molecule has 2 aromatic rings. The van der Waals surface area contributed by atoms with Gasteiger partial charge >= 0.3 is 0 Å². The van der Waals surface area contributed by atoms with Gasteiger partial charge in [-0.15, -0.1) is 0 Å². The number of rotatable bonds is 3. The smallest absolute Gasteiger partial charge is 0.120 e. The van der Waals surface area contributed by atoms with Crippen LogP contribution in [0.5, 0.6) is 5.75 Å². The van der Waals surface area contributed by atoms with Gasteiger partial charge in [0.15, 0.2) is 0 Å². The van der Waals surface area contributed by atoms with Gasteiger partial charge < -0.3 is 10.4 Å². The van der Waals surface area contributed by atoms with Crippen LogP contribution in [0.4, 0.5) is 5.69 Å². The molecule has 0 atom stereocenters. The highest BCUT2D eigenvalue weighted by Crippen LogP contribution is 2.25. The lowest BCUT2D eigenvalue weighted by molar-refractivity contribution is 0.469. The molecule has 96 valence electrons. The molecule has 0 bridgehead atoms. The van der Waals surface area contributed by atoms with Gasteiger partial charge in [0.25, 0.3) is 0 Å². The van der Waals surface area contributed by atoms with Crippen LogP contribution in [0.1, 0.15) is 11.1 Å². The second-order valence-corrected chi connectivity index (χ2v) is 5.28. The van der Waals surface area contributed by atoms with Crippen LogP contribution in [0.3, 0.4) is 0 Å². The fraction of sp³-hybridized carbons (Fsp3) is 0.0714. The Labute approximate surface area is 124 Å². The largest absolute Gasteiger partial charge is 0.508 e. The van der Waals surface area contributed by atoms with E-state index in [0.717, 1.165) is 10.0 Å². The van der Waals surface area contributed by atoms with Crippen LogP contribution < -0.4 is 5.32 Å². The summed E-state index contributed by atoms with van der Waals surface area (Å²) in [5, 5.41) is 22.4. The summed E-state index contributed by atoms with van der Waals surface area (Å²) in [6.07, 6.45) is 0. The zero-order chi connectivity index (χ0) is 13.8. The van der Waals surface area contributed by atoms with Crippen LogP contribution in [-0.4, -0.2) is 5.11 Å². The second-order valence-electron chi connectivity index (χ2n) is 3.93. The summed E-state index contributed by atoms with van der Waals surface area (Å²) in [4.78, 5) is 0. The van der Waals surface area contributed by atoms with Gasteiger partial charge in [0.1, 0.15) is 11.8 Å². The molecule has 2 N–H and O–H groups in total. The molecule has 0 amide bonds. The summed E-state index contributed by atoms with van der Waals surface area (Å²) in [6.45, 7) is 0.403. The minimum absolute atomic E-state index is 0.205. The van der Waals surface area contributed by atoms with E-state index in [0.29, 0.717) is 22.8 Å². The number of phenols is 1. The molecule has 2 aromatic carbocycles. The Morgan fingerprint density at radius 2 is 2.05 bits per heavy atom. The van der Waals surface area contributed by atoms with E-state index in [2.05, 4.69) is 27.3 Å². The SMILES string of the molecule is N#Cc1ccc(Cl)cc1NCc1cc(Br)ccc1O. The third kappa shape index (κ3) is 3.40. The summed E-state index contributed by atoms with van der Waals surface area (Å²) in [6, 6.07) is 12.3. The molecule has 19 heavy (non-hydrogen) atoms. The maximum Gasteiger partial charge on any atom is 0.120 e. The third-order valence-electron chi connectivity index (χ3n) is 2.61. The van der Waals surface area contributed by atoms with Crippen molar-refractivity contribution in [2.75, 3.05) is 5.32 Å². The maximum atomic E-state index is 9.74. The average Bonchev–Trinajstić information content (AvgIpc) is 2.40. The van der Waals surface area contributed by atoms with Gasteiger partial charge in [-0.3, -0.25) is 0 Å². The first kappa shape index (κ1) is 13.7. The quantitative estimate of drug-likeness (QED) is 0.878. The van der Waals surface area contributed by atoms with Gasteiger partial charge in [-0.2, -0.15) is 5.26 Å². The number of anilines is 1. The number of hydrogen-bond donors (Lipinski definition) is 2. The Kier molecular flexibility index (Phi) is 4.31. The molecule has 0 heterocycles. The molecule has 0 saturated heterocycles. The van der Waals surface area contributed by atoms with Crippen molar-refractivity contribution in [3.8, 4) is 11.8 Å². The van der Waals surface area contributed by atoms with Crippen molar-refractivity contribution in [3.05, 3.63) is 57.0 Å². The summed E-state index contributed by atoms with van der Waals surface area (Å²) < 4.78 is 0.883. The Balaban J connectivity index is 2.21. The predicted molar refractivity (Wildman–Crippen MR) is 79.3 cm³/mol.